The highest BCUT2D eigenvalue weighted by atomic mass is 16.5. The van der Waals surface area contributed by atoms with Crippen LogP contribution >= 0.6 is 0 Å². The summed E-state index contributed by atoms with van der Waals surface area (Å²) in [6.07, 6.45) is 3.47. The van der Waals surface area contributed by atoms with Gasteiger partial charge in [-0.05, 0) is 42.2 Å². The fraction of sp³-hybridized carbons (Fsp3) is 0.600. The summed E-state index contributed by atoms with van der Waals surface area (Å²) in [7, 11) is 1.73. The molecule has 1 unspecified atom stereocenters. The summed E-state index contributed by atoms with van der Waals surface area (Å²) in [6.45, 7) is 4.49. The van der Waals surface area contributed by atoms with Crippen LogP contribution in [0, 0.1) is 5.41 Å². The fourth-order valence-electron chi connectivity index (χ4n) is 2.91. The van der Waals surface area contributed by atoms with E-state index in [-0.39, 0.29) is 12.0 Å². The van der Waals surface area contributed by atoms with Gasteiger partial charge in [0.25, 0.3) is 0 Å². The van der Waals surface area contributed by atoms with Crippen LogP contribution in [0.15, 0.2) is 18.2 Å². The number of methoxy groups -OCH3 is 1. The van der Waals surface area contributed by atoms with Gasteiger partial charge in [-0.3, -0.25) is 0 Å². The van der Waals surface area contributed by atoms with Crippen LogP contribution in [-0.4, -0.2) is 18.8 Å². The zero-order valence-corrected chi connectivity index (χ0v) is 11.0. The van der Waals surface area contributed by atoms with Gasteiger partial charge in [-0.15, -0.1) is 0 Å². The van der Waals surface area contributed by atoms with Gasteiger partial charge in [-0.2, -0.15) is 0 Å². The Morgan fingerprint density at radius 2 is 2.18 bits per heavy atom. The van der Waals surface area contributed by atoms with Crippen molar-refractivity contribution in [2.24, 2.45) is 5.41 Å². The predicted molar refractivity (Wildman–Crippen MR) is 69.5 cm³/mol. The van der Waals surface area contributed by atoms with E-state index in [1.807, 2.05) is 6.07 Å². The molecule has 1 aliphatic carbocycles. The number of benzene rings is 1. The molecule has 0 radical (unpaired) electrons. The maximum absolute atomic E-state index is 9.59. The lowest BCUT2D eigenvalue weighted by Crippen LogP contribution is -2.29. The minimum Gasteiger partial charge on any atom is -0.496 e. The molecule has 0 amide bonds. The van der Waals surface area contributed by atoms with E-state index < -0.39 is 0 Å². The largest absolute Gasteiger partial charge is 0.496 e. The SMILES string of the molecule is COc1cccc2c1C(C(C)(C)CO)CCC2. The van der Waals surface area contributed by atoms with Gasteiger partial charge in [0.1, 0.15) is 5.75 Å². The summed E-state index contributed by atoms with van der Waals surface area (Å²) in [5.41, 5.74) is 2.63. The third-order valence-electron chi connectivity index (χ3n) is 4.01. The first-order valence-corrected chi connectivity index (χ1v) is 6.37. The van der Waals surface area contributed by atoms with Gasteiger partial charge in [0.05, 0.1) is 7.11 Å². The van der Waals surface area contributed by atoms with E-state index >= 15 is 0 Å². The van der Waals surface area contributed by atoms with Gasteiger partial charge in [0.2, 0.25) is 0 Å². The van der Waals surface area contributed by atoms with Crippen LogP contribution in [0.25, 0.3) is 0 Å². The normalized spacial score (nSPS) is 19.9. The van der Waals surface area contributed by atoms with Gasteiger partial charge in [-0.25, -0.2) is 0 Å². The Bertz CT molecular complexity index is 382. The molecule has 1 atom stereocenters. The lowest BCUT2D eigenvalue weighted by molar-refractivity contribution is 0.121. The van der Waals surface area contributed by atoms with Crippen molar-refractivity contribution >= 4 is 0 Å². The molecular formula is C15H22O2. The molecule has 2 nitrogen and oxygen atoms in total. The van der Waals surface area contributed by atoms with E-state index in [2.05, 4.69) is 26.0 Å². The van der Waals surface area contributed by atoms with E-state index in [1.54, 1.807) is 7.11 Å². The van der Waals surface area contributed by atoms with E-state index in [1.165, 1.54) is 17.5 Å². The minimum atomic E-state index is -0.0796. The van der Waals surface area contributed by atoms with E-state index in [4.69, 9.17) is 4.74 Å². The Kier molecular flexibility index (Phi) is 3.43. The topological polar surface area (TPSA) is 29.5 Å². The number of hydrogen-bond acceptors (Lipinski definition) is 2. The van der Waals surface area contributed by atoms with Crippen molar-refractivity contribution in [3.8, 4) is 5.75 Å². The molecule has 0 aliphatic heterocycles. The summed E-state index contributed by atoms with van der Waals surface area (Å²) in [5, 5.41) is 9.59. The number of fused-ring (bicyclic) bond motifs is 1. The number of aliphatic hydroxyl groups is 1. The van der Waals surface area contributed by atoms with Crippen molar-refractivity contribution in [3.05, 3.63) is 29.3 Å². The van der Waals surface area contributed by atoms with Crippen LogP contribution in [0.1, 0.15) is 43.7 Å². The summed E-state index contributed by atoms with van der Waals surface area (Å²) >= 11 is 0. The molecule has 1 aromatic rings. The number of rotatable bonds is 3. The first-order chi connectivity index (χ1) is 8.10. The number of ether oxygens (including phenoxy) is 1. The van der Waals surface area contributed by atoms with Gasteiger partial charge in [0, 0.05) is 12.2 Å². The molecule has 17 heavy (non-hydrogen) atoms. The standard InChI is InChI=1S/C15H22O2/c1-15(2,10-16)12-8-4-6-11-7-5-9-13(17-3)14(11)12/h5,7,9,12,16H,4,6,8,10H2,1-3H3. The zero-order valence-electron chi connectivity index (χ0n) is 11.0. The number of aliphatic hydroxyl groups excluding tert-OH is 1. The Morgan fingerprint density at radius 1 is 1.41 bits per heavy atom. The van der Waals surface area contributed by atoms with Crippen molar-refractivity contribution < 1.29 is 9.84 Å². The van der Waals surface area contributed by atoms with E-state index in [9.17, 15) is 5.11 Å². The molecular weight excluding hydrogens is 212 g/mol. The highest BCUT2D eigenvalue weighted by Crippen LogP contribution is 2.47. The van der Waals surface area contributed by atoms with Gasteiger partial charge in [0.15, 0.2) is 0 Å². The van der Waals surface area contributed by atoms with Crippen LogP contribution in [0.4, 0.5) is 0 Å². The van der Waals surface area contributed by atoms with Crippen LogP contribution in [0.2, 0.25) is 0 Å². The first kappa shape index (κ1) is 12.4. The van der Waals surface area contributed by atoms with Crippen molar-refractivity contribution in [2.45, 2.75) is 39.0 Å². The Labute approximate surface area is 104 Å². The molecule has 2 rings (SSSR count). The van der Waals surface area contributed by atoms with Crippen molar-refractivity contribution in [2.75, 3.05) is 13.7 Å². The number of aryl methyl sites for hydroxylation is 1. The molecule has 0 aromatic heterocycles. The highest BCUT2D eigenvalue weighted by Gasteiger charge is 2.35. The second kappa shape index (κ2) is 4.69. The molecule has 0 spiro atoms. The van der Waals surface area contributed by atoms with Crippen molar-refractivity contribution in [3.63, 3.8) is 0 Å². The smallest absolute Gasteiger partial charge is 0.122 e. The molecule has 0 fully saturated rings. The monoisotopic (exact) mass is 234 g/mol. The van der Waals surface area contributed by atoms with Crippen LogP contribution in [0.3, 0.4) is 0 Å². The minimum absolute atomic E-state index is 0.0796. The third-order valence-corrected chi connectivity index (χ3v) is 4.01. The quantitative estimate of drug-likeness (QED) is 0.870. The maximum Gasteiger partial charge on any atom is 0.122 e. The van der Waals surface area contributed by atoms with Crippen LogP contribution in [0.5, 0.6) is 5.75 Å². The van der Waals surface area contributed by atoms with Crippen LogP contribution < -0.4 is 4.74 Å². The summed E-state index contributed by atoms with van der Waals surface area (Å²) in [6, 6.07) is 6.29. The van der Waals surface area contributed by atoms with Crippen molar-refractivity contribution in [1.29, 1.82) is 0 Å². The number of hydrogen-bond donors (Lipinski definition) is 1. The third kappa shape index (κ3) is 2.19. The Morgan fingerprint density at radius 3 is 2.82 bits per heavy atom. The summed E-state index contributed by atoms with van der Waals surface area (Å²) in [4.78, 5) is 0. The summed E-state index contributed by atoms with van der Waals surface area (Å²) < 4.78 is 5.50. The molecule has 1 aromatic carbocycles. The Hall–Kier alpha value is -1.02. The van der Waals surface area contributed by atoms with Gasteiger partial charge < -0.3 is 9.84 Å². The average molecular weight is 234 g/mol. The summed E-state index contributed by atoms with van der Waals surface area (Å²) in [5.74, 6) is 1.38. The van der Waals surface area contributed by atoms with E-state index in [0.717, 1.165) is 18.6 Å². The zero-order chi connectivity index (χ0) is 12.5. The van der Waals surface area contributed by atoms with Gasteiger partial charge in [-0.1, -0.05) is 26.0 Å². The van der Waals surface area contributed by atoms with Crippen LogP contribution in [-0.2, 0) is 6.42 Å². The average Bonchev–Trinajstić information content (AvgIpc) is 2.37. The lowest BCUT2D eigenvalue weighted by atomic mass is 9.68. The second-order valence-electron chi connectivity index (χ2n) is 5.62. The molecule has 1 N–H and O–H groups in total. The lowest BCUT2D eigenvalue weighted by Gasteiger charge is -2.38. The Balaban J connectivity index is 2.49. The first-order valence-electron chi connectivity index (χ1n) is 6.37. The molecule has 2 heteroatoms. The molecule has 94 valence electrons. The molecule has 0 saturated heterocycles. The second-order valence-corrected chi connectivity index (χ2v) is 5.62. The molecule has 0 bridgehead atoms. The molecule has 1 aliphatic rings. The van der Waals surface area contributed by atoms with Crippen molar-refractivity contribution in [1.82, 2.24) is 0 Å². The highest BCUT2D eigenvalue weighted by molar-refractivity contribution is 5.45. The maximum atomic E-state index is 9.59. The molecule has 0 heterocycles. The fourth-order valence-corrected chi connectivity index (χ4v) is 2.91. The van der Waals surface area contributed by atoms with E-state index in [0.29, 0.717) is 5.92 Å². The van der Waals surface area contributed by atoms with Gasteiger partial charge >= 0.3 is 0 Å². The molecule has 0 saturated carbocycles. The predicted octanol–water partition coefficient (Wildman–Crippen LogP) is 3.13.